The molecule has 2 fully saturated rings. The highest BCUT2D eigenvalue weighted by Gasteiger charge is 2.38. The molecule has 0 aromatic carbocycles. The van der Waals surface area contributed by atoms with Gasteiger partial charge in [-0.2, -0.15) is 0 Å². The Morgan fingerprint density at radius 3 is 2.35 bits per heavy atom. The van der Waals surface area contributed by atoms with Crippen molar-refractivity contribution >= 4 is 22.4 Å². The van der Waals surface area contributed by atoms with Crippen LogP contribution in [0.1, 0.15) is 19.3 Å². The van der Waals surface area contributed by atoms with Crippen LogP contribution < -0.4 is 5.32 Å². The fraction of sp³-hybridized carbons (Fsp3) is 1.00. The zero-order valence-corrected chi connectivity index (χ0v) is 12.2. The van der Waals surface area contributed by atoms with Crippen molar-refractivity contribution < 1.29 is 8.42 Å². The number of hydrogen-bond acceptors (Lipinski definition) is 3. The topological polar surface area (TPSA) is 49.4 Å². The molecule has 1 saturated carbocycles. The van der Waals surface area contributed by atoms with E-state index in [-0.39, 0.29) is 12.4 Å². The van der Waals surface area contributed by atoms with Crippen molar-refractivity contribution in [3.63, 3.8) is 0 Å². The van der Waals surface area contributed by atoms with E-state index < -0.39 is 10.0 Å². The lowest BCUT2D eigenvalue weighted by atomic mass is 9.72. The van der Waals surface area contributed by atoms with Crippen LogP contribution in [0.3, 0.4) is 0 Å². The number of rotatable bonds is 4. The number of nitrogens with zero attached hydrogens (tertiary/aromatic N) is 1. The molecule has 0 amide bonds. The Kier molecular flexibility index (Phi) is 5.25. The van der Waals surface area contributed by atoms with Gasteiger partial charge in [-0.1, -0.05) is 19.3 Å². The van der Waals surface area contributed by atoms with E-state index in [0.717, 1.165) is 19.0 Å². The minimum Gasteiger partial charge on any atom is -0.316 e. The molecule has 17 heavy (non-hydrogen) atoms. The predicted molar refractivity (Wildman–Crippen MR) is 71.9 cm³/mol. The number of nitrogens with one attached hydrogen (secondary N) is 1. The molecular formula is C11H23ClN2O2S. The minimum absolute atomic E-state index is 0. The van der Waals surface area contributed by atoms with Gasteiger partial charge in [0, 0.05) is 14.1 Å². The van der Waals surface area contributed by atoms with Gasteiger partial charge in [-0.25, -0.2) is 12.7 Å². The zero-order valence-electron chi connectivity index (χ0n) is 10.6. The van der Waals surface area contributed by atoms with Crippen molar-refractivity contribution in [1.29, 1.82) is 0 Å². The molecule has 2 rings (SSSR count). The molecule has 0 spiro atoms. The summed E-state index contributed by atoms with van der Waals surface area (Å²) in [7, 11) is 0.203. The third-order valence-corrected chi connectivity index (χ3v) is 6.09. The molecule has 1 saturated heterocycles. The van der Waals surface area contributed by atoms with Crippen LogP contribution in [0, 0.1) is 17.8 Å². The molecule has 2 unspecified atom stereocenters. The average Bonchev–Trinajstić information content (AvgIpc) is 2.49. The highest BCUT2D eigenvalue weighted by atomic mass is 35.5. The van der Waals surface area contributed by atoms with Gasteiger partial charge >= 0.3 is 0 Å². The maximum atomic E-state index is 11.9. The van der Waals surface area contributed by atoms with Gasteiger partial charge < -0.3 is 5.32 Å². The standard InChI is InChI=1S/C11H22N2O2S.ClH/c1-13(2)16(14,15)8-10-6-12-7-11(10)9-4-3-5-9;/h9-12H,3-8H2,1-2H3;1H. The van der Waals surface area contributed by atoms with Crippen molar-refractivity contribution in [2.45, 2.75) is 19.3 Å². The average molecular weight is 283 g/mol. The monoisotopic (exact) mass is 282 g/mol. The summed E-state index contributed by atoms with van der Waals surface area (Å²) in [6, 6.07) is 0. The zero-order chi connectivity index (χ0) is 11.8. The second-order valence-electron chi connectivity index (χ2n) is 5.33. The van der Waals surface area contributed by atoms with Crippen LogP contribution >= 0.6 is 12.4 Å². The van der Waals surface area contributed by atoms with Gasteiger partial charge in [-0.3, -0.25) is 0 Å². The Bertz CT molecular complexity index is 341. The number of hydrogen-bond donors (Lipinski definition) is 1. The number of halogens is 1. The Balaban J connectivity index is 0.00000144. The first-order valence-electron chi connectivity index (χ1n) is 6.11. The van der Waals surface area contributed by atoms with Gasteiger partial charge in [0.2, 0.25) is 10.0 Å². The molecular weight excluding hydrogens is 260 g/mol. The molecule has 6 heteroatoms. The van der Waals surface area contributed by atoms with E-state index in [1.165, 1.54) is 23.6 Å². The van der Waals surface area contributed by atoms with E-state index in [2.05, 4.69) is 5.32 Å². The first-order valence-corrected chi connectivity index (χ1v) is 7.72. The molecule has 1 aliphatic heterocycles. The summed E-state index contributed by atoms with van der Waals surface area (Å²) >= 11 is 0. The maximum Gasteiger partial charge on any atom is 0.213 e. The predicted octanol–water partition coefficient (Wildman–Crippen LogP) is 0.935. The first-order chi connectivity index (χ1) is 7.50. The van der Waals surface area contributed by atoms with Gasteiger partial charge in [0.25, 0.3) is 0 Å². The Morgan fingerprint density at radius 1 is 1.24 bits per heavy atom. The number of sulfonamides is 1. The summed E-state index contributed by atoms with van der Waals surface area (Å²) in [5.74, 6) is 1.99. The van der Waals surface area contributed by atoms with E-state index in [0.29, 0.717) is 17.6 Å². The smallest absolute Gasteiger partial charge is 0.213 e. The Morgan fingerprint density at radius 2 is 1.88 bits per heavy atom. The normalized spacial score (nSPS) is 30.1. The SMILES string of the molecule is CN(C)S(=O)(=O)CC1CNCC1C1CCC1.Cl. The lowest BCUT2D eigenvalue weighted by molar-refractivity contribution is 0.187. The highest BCUT2D eigenvalue weighted by Crippen LogP contribution is 2.39. The molecule has 1 N–H and O–H groups in total. The summed E-state index contributed by atoms with van der Waals surface area (Å²) in [4.78, 5) is 0. The fourth-order valence-electron chi connectivity index (χ4n) is 2.78. The lowest BCUT2D eigenvalue weighted by Crippen LogP contribution is -2.35. The van der Waals surface area contributed by atoms with Crippen LogP contribution in [-0.2, 0) is 10.0 Å². The molecule has 0 aromatic rings. The van der Waals surface area contributed by atoms with Crippen molar-refractivity contribution in [1.82, 2.24) is 9.62 Å². The van der Waals surface area contributed by atoms with E-state index in [1.807, 2.05) is 0 Å². The Hall–Kier alpha value is 0.160. The van der Waals surface area contributed by atoms with E-state index in [9.17, 15) is 8.42 Å². The van der Waals surface area contributed by atoms with Crippen LogP contribution in [0.5, 0.6) is 0 Å². The minimum atomic E-state index is -3.04. The quantitative estimate of drug-likeness (QED) is 0.835. The summed E-state index contributed by atoms with van der Waals surface area (Å²) < 4.78 is 25.1. The van der Waals surface area contributed by atoms with Crippen LogP contribution in [0.4, 0.5) is 0 Å². The summed E-state index contributed by atoms with van der Waals surface area (Å²) in [6.07, 6.45) is 3.92. The van der Waals surface area contributed by atoms with Gasteiger partial charge in [0.1, 0.15) is 0 Å². The Labute approximate surface area is 111 Å². The molecule has 4 nitrogen and oxygen atoms in total. The molecule has 0 aromatic heterocycles. The van der Waals surface area contributed by atoms with Crippen LogP contribution in [0.2, 0.25) is 0 Å². The molecule has 2 atom stereocenters. The van der Waals surface area contributed by atoms with Crippen LogP contribution in [0.25, 0.3) is 0 Å². The van der Waals surface area contributed by atoms with Gasteiger partial charge in [0.05, 0.1) is 5.75 Å². The fourth-order valence-corrected chi connectivity index (χ4v) is 3.98. The van der Waals surface area contributed by atoms with Crippen molar-refractivity contribution in [3.8, 4) is 0 Å². The van der Waals surface area contributed by atoms with E-state index in [4.69, 9.17) is 0 Å². The second kappa shape index (κ2) is 5.87. The maximum absolute atomic E-state index is 11.9. The van der Waals surface area contributed by atoms with Gasteiger partial charge in [0.15, 0.2) is 0 Å². The molecule has 2 aliphatic rings. The summed E-state index contributed by atoms with van der Waals surface area (Å²) in [5.41, 5.74) is 0. The van der Waals surface area contributed by atoms with Gasteiger partial charge in [-0.15, -0.1) is 12.4 Å². The third-order valence-electron chi connectivity index (χ3n) is 4.13. The van der Waals surface area contributed by atoms with Crippen molar-refractivity contribution in [2.24, 2.45) is 17.8 Å². The van der Waals surface area contributed by atoms with Gasteiger partial charge in [-0.05, 0) is 30.8 Å². The lowest BCUT2D eigenvalue weighted by Gasteiger charge is -2.34. The van der Waals surface area contributed by atoms with Crippen molar-refractivity contribution in [2.75, 3.05) is 32.9 Å². The third kappa shape index (κ3) is 3.34. The second-order valence-corrected chi connectivity index (χ2v) is 7.56. The van der Waals surface area contributed by atoms with Crippen LogP contribution in [-0.4, -0.2) is 45.7 Å². The summed E-state index contributed by atoms with van der Waals surface area (Å²) in [5, 5.41) is 3.35. The summed E-state index contributed by atoms with van der Waals surface area (Å²) in [6.45, 7) is 1.88. The molecule has 0 bridgehead atoms. The van der Waals surface area contributed by atoms with Crippen molar-refractivity contribution in [3.05, 3.63) is 0 Å². The van der Waals surface area contributed by atoms with Crippen LogP contribution in [0.15, 0.2) is 0 Å². The largest absolute Gasteiger partial charge is 0.316 e. The highest BCUT2D eigenvalue weighted by molar-refractivity contribution is 7.89. The molecule has 102 valence electrons. The molecule has 0 radical (unpaired) electrons. The molecule has 1 heterocycles. The first kappa shape index (κ1) is 15.2. The molecule has 1 aliphatic carbocycles. The van der Waals surface area contributed by atoms with E-state index >= 15 is 0 Å². The van der Waals surface area contributed by atoms with E-state index in [1.54, 1.807) is 14.1 Å².